The molecule has 17 rings (SSSR count). The number of hydrogen-bond donors (Lipinski definition) is 2. The number of amides is 6. The number of nitrogens with one attached hydrogen (secondary N) is 2. The van der Waals surface area contributed by atoms with Gasteiger partial charge in [0.15, 0.2) is 11.4 Å². The number of ketones is 1. The summed E-state index contributed by atoms with van der Waals surface area (Å²) in [6.45, 7) is 45.4. The smallest absolute Gasteiger partial charge is 0.327 e. The zero-order chi connectivity index (χ0) is 101. The molecule has 0 spiro atoms. The third-order valence-electron chi connectivity index (χ3n) is 29.7. The summed E-state index contributed by atoms with van der Waals surface area (Å²) in [5.41, 5.74) is 8.30. The van der Waals surface area contributed by atoms with Crippen molar-refractivity contribution in [1.29, 1.82) is 0 Å². The Morgan fingerprint density at radius 3 is 1.30 bits per heavy atom. The number of H-pyrrole nitrogens is 1. The Morgan fingerprint density at radius 2 is 0.908 bits per heavy atom. The lowest BCUT2D eigenvalue weighted by atomic mass is 9.88. The molecule has 9 fully saturated rings. The van der Waals surface area contributed by atoms with Crippen LogP contribution in [-0.2, 0) is 28.8 Å². The first-order valence-electron chi connectivity index (χ1n) is 50.9. The van der Waals surface area contributed by atoms with E-state index >= 15 is 13.2 Å². The highest BCUT2D eigenvalue weighted by molar-refractivity contribution is 8.01. The zero-order valence-corrected chi connectivity index (χ0v) is 89.0. The van der Waals surface area contributed by atoms with Crippen LogP contribution in [0.1, 0.15) is 251 Å². The molecule has 13 heterocycles. The van der Waals surface area contributed by atoms with Gasteiger partial charge in [-0.05, 0) is 195 Å². The first-order valence-corrected chi connectivity index (χ1v) is 54.6. The van der Waals surface area contributed by atoms with E-state index in [2.05, 4.69) is 165 Å². The summed E-state index contributed by atoms with van der Waals surface area (Å²) in [5.74, 6) is -0.0283. The van der Waals surface area contributed by atoms with Crippen LogP contribution >= 0.6 is 46.6 Å². The molecule has 0 saturated carbocycles. The number of hydrogen-bond acceptors (Lipinski definition) is 22. The second-order valence-electron chi connectivity index (χ2n) is 45.1. The number of aromatic amines is 1. The number of pyridine rings is 1. The molecule has 2 N–H and O–H groups in total. The molecule has 10 aliphatic rings. The molecular formula is C108H152F3N17O9S4. The van der Waals surface area contributed by atoms with Crippen LogP contribution in [-0.4, -0.2) is 278 Å². The van der Waals surface area contributed by atoms with Crippen molar-refractivity contribution >= 4 is 127 Å². The predicted octanol–water partition coefficient (Wildman–Crippen LogP) is 18.5. The number of carbonyl (C=O) groups excluding carboxylic acids is 7. The monoisotopic (exact) mass is 2020 g/mol. The van der Waals surface area contributed by atoms with Gasteiger partial charge in [-0.1, -0.05) is 105 Å². The van der Waals surface area contributed by atoms with Gasteiger partial charge in [0.1, 0.15) is 39.3 Å². The number of thioether (sulfide) groups is 3. The van der Waals surface area contributed by atoms with Gasteiger partial charge in [-0.15, -0.1) is 46.6 Å². The summed E-state index contributed by atoms with van der Waals surface area (Å²) in [5, 5.41) is 11.7. The number of methoxy groups -OCH3 is 1. The fourth-order valence-corrected chi connectivity index (χ4v) is 26.3. The van der Waals surface area contributed by atoms with Crippen LogP contribution in [0.2, 0.25) is 0 Å². The van der Waals surface area contributed by atoms with Gasteiger partial charge >= 0.3 is 5.69 Å². The summed E-state index contributed by atoms with van der Waals surface area (Å²) in [6, 6.07) is 30.9. The fourth-order valence-electron chi connectivity index (χ4n) is 21.1. The van der Waals surface area contributed by atoms with E-state index in [1.54, 1.807) is 76.6 Å². The lowest BCUT2D eigenvalue weighted by molar-refractivity contribution is -0.136. The summed E-state index contributed by atoms with van der Waals surface area (Å²) < 4.78 is 54.0. The molecule has 3 aromatic heterocycles. The van der Waals surface area contributed by atoms with Crippen molar-refractivity contribution < 1.29 is 54.3 Å². The molecule has 0 radical (unpaired) electrons. The van der Waals surface area contributed by atoms with Gasteiger partial charge in [0.25, 0.3) is 0 Å². The number of imidazole rings is 1. The quantitative estimate of drug-likeness (QED) is 0.0504. The van der Waals surface area contributed by atoms with Crippen LogP contribution in [0, 0.1) is 45.5 Å². The van der Waals surface area contributed by atoms with Crippen LogP contribution in [0.15, 0.2) is 130 Å². The molecule has 3 unspecified atom stereocenters. The third kappa shape index (κ3) is 25.6. The highest BCUT2D eigenvalue weighted by Gasteiger charge is 2.50. The summed E-state index contributed by atoms with van der Waals surface area (Å²) in [4.78, 5) is 140. The highest BCUT2D eigenvalue weighted by atomic mass is 32.2. The Kier molecular flexibility index (Phi) is 34.0. The maximum absolute atomic E-state index is 15.8. The molecule has 0 aliphatic carbocycles. The van der Waals surface area contributed by atoms with Crippen molar-refractivity contribution in [2.45, 2.75) is 249 Å². The zero-order valence-electron chi connectivity index (χ0n) is 85.7. The number of ether oxygens (including phenoxy) is 1. The SMILES string of the molecule is CC(C)(C)CCN1C(=O)[C@H](CC(=O)N2CCC(C3=NN=C(c4cccs4)C3)CC2)SC1c1cccc(F)c1N1CCN(C(C)(C)C)CC1.CNC1CCN(c2c(F)cccc2[C@@H]2S[C@@H](CC(=O)N3CCC(n4c(=O)[nH]c5ncccc54)CC3)C(=O)N2CCC(C)(C)C)C1.COc1ccc(C(=O)C2CCN(C(=O)C[C@@H]3SC(c4cccc(F)c4N4CCN(C(C)(C)C)CC4)N(CCC(C)(C)C)C3=O)CC2)cc1.[HH].[HH]. The molecule has 6 amide bonds. The van der Waals surface area contributed by atoms with Crippen molar-refractivity contribution in [3.63, 3.8) is 0 Å². The van der Waals surface area contributed by atoms with E-state index < -0.39 is 15.7 Å². The van der Waals surface area contributed by atoms with Crippen molar-refractivity contribution in [2.24, 2.45) is 38.3 Å². The van der Waals surface area contributed by atoms with Gasteiger partial charge < -0.3 is 54.2 Å². The molecule has 768 valence electrons. The largest absolute Gasteiger partial charge is 0.497 e. The number of nitrogens with zero attached hydrogens (tertiary/aromatic N) is 15. The van der Waals surface area contributed by atoms with E-state index in [4.69, 9.17) is 4.74 Å². The maximum atomic E-state index is 15.8. The Labute approximate surface area is 851 Å². The van der Waals surface area contributed by atoms with Gasteiger partial charge in [0.05, 0.1) is 56.0 Å². The van der Waals surface area contributed by atoms with Gasteiger partial charge in [-0.2, -0.15) is 10.2 Å². The van der Waals surface area contributed by atoms with E-state index in [1.807, 2.05) is 67.9 Å². The number of halogens is 3. The minimum Gasteiger partial charge on any atom is -0.497 e. The lowest BCUT2D eigenvalue weighted by Crippen LogP contribution is -2.53. The van der Waals surface area contributed by atoms with Gasteiger partial charge in [0.2, 0.25) is 35.4 Å². The first-order chi connectivity index (χ1) is 67.0. The molecule has 0 bridgehead atoms. The number of likely N-dealkylation sites (N-methyl/N-ethyl adjacent to an activating group) is 1. The predicted molar refractivity (Wildman–Crippen MR) is 568 cm³/mol. The molecule has 33 heteroatoms. The van der Waals surface area contributed by atoms with E-state index in [0.717, 1.165) is 124 Å². The molecule has 10 aliphatic heterocycles. The Bertz CT molecular complexity index is 5700. The van der Waals surface area contributed by atoms with Gasteiger partial charge in [0, 0.05) is 222 Å². The fraction of sp³-hybridized carbons (Fsp3) is 0.602. The molecule has 141 heavy (non-hydrogen) atoms. The minimum atomic E-state index is -0.546. The van der Waals surface area contributed by atoms with Crippen molar-refractivity contribution in [2.75, 3.05) is 153 Å². The first kappa shape index (κ1) is 106. The average molecular weight is 2020 g/mol. The van der Waals surface area contributed by atoms with Crippen LogP contribution < -0.4 is 30.4 Å². The van der Waals surface area contributed by atoms with Crippen molar-refractivity contribution in [3.05, 3.63) is 170 Å². The number of thiophene rings is 1. The Hall–Kier alpha value is -9.25. The number of anilines is 3. The maximum Gasteiger partial charge on any atom is 0.327 e. The van der Waals surface area contributed by atoms with Crippen molar-refractivity contribution in [3.8, 4) is 5.75 Å². The number of benzene rings is 4. The molecule has 7 atom stereocenters. The average Bonchev–Trinajstić information content (AvgIpc) is 1.62. The number of para-hydroxylation sites is 3. The number of fused-ring (bicyclic) bond motifs is 1. The minimum absolute atomic E-state index is 0. The summed E-state index contributed by atoms with van der Waals surface area (Å²) in [6.07, 6.45) is 10.3. The van der Waals surface area contributed by atoms with Crippen LogP contribution in [0.4, 0.5) is 30.2 Å². The number of carbonyl (C=O) groups is 7. The topological polar surface area (TPSA) is 252 Å². The third-order valence-corrected chi connectivity index (χ3v) is 35.0. The highest BCUT2D eigenvalue weighted by Crippen LogP contribution is 2.53. The van der Waals surface area contributed by atoms with Crippen LogP contribution in [0.25, 0.3) is 11.2 Å². The molecule has 26 nitrogen and oxygen atoms in total. The van der Waals surface area contributed by atoms with E-state index in [-0.39, 0.29) is 148 Å². The van der Waals surface area contributed by atoms with E-state index in [0.29, 0.717) is 144 Å². The second-order valence-corrected chi connectivity index (χ2v) is 49.9. The number of Topliss-reactive ketones (excluding diaryl/α,β-unsaturated/α-hetero) is 1. The number of piperidine rings is 3. The Morgan fingerprint density at radius 1 is 0.482 bits per heavy atom. The number of piperazine rings is 2. The Balaban J connectivity index is 0.000000179. The number of aromatic nitrogens is 3. The van der Waals surface area contributed by atoms with E-state index in [9.17, 15) is 38.4 Å². The summed E-state index contributed by atoms with van der Waals surface area (Å²) >= 11 is 6.17. The van der Waals surface area contributed by atoms with Crippen molar-refractivity contribution in [1.82, 2.24) is 59.1 Å². The standard InChI is InChI=1S/C38H53FN4O4S.C37H51FN6O2S2.C33H44FN7O3S.2H2/c1-37(2,3)17-20-43-35(46)31(25-32(44)40-18-15-27(16-19-40)34(45)26-11-13-28(47-7)14-12-26)48-36(43)29-9-8-10-30(39)33(29)41-21-23-42(24-22-41)38(4,5)6;1-36(2,3)14-17-44-34(46)31(24-32(45)41-15-12-25(13-16-41)28-23-29(40-39-28)30-11-8-22-47-30)48-35(44)26-9-7-10-27(38)33(26)42-18-20-43(21-19-42)37(4,5)6;1-33(2,3)13-18-40-30(43)26(45-31(40)23-7-5-8-24(34)28(23)39-15-10-21(20-39)35-4)19-27(42)38-16-11-22(12-17-38)41-25-9-6-14-36-29(25)37-32(41)44;;/h8-14,27,31,36H,15-25H2,1-7H3;7-11,22,25,31,35H,12-21,23-24H2,1-6H3;5-9,14,21-22,26,31,35H,10-13,15-20H2,1-4H3,(H,36,37,44);2*1H/t31-,36?;31-,35?;21?,26-,31-;;/m000../s1. The van der Waals surface area contributed by atoms with E-state index in [1.165, 1.54) is 58.4 Å². The number of rotatable bonds is 25. The van der Waals surface area contributed by atoms with Gasteiger partial charge in [-0.3, -0.25) is 52.9 Å². The summed E-state index contributed by atoms with van der Waals surface area (Å²) in [7, 11) is 3.53. The lowest BCUT2D eigenvalue weighted by Gasteiger charge is -2.43. The number of likely N-dealkylation sites (tertiary alicyclic amines) is 3. The molecule has 9 saturated heterocycles. The molecule has 7 aromatic rings. The normalized spacial score (nSPS) is 22.6. The van der Waals surface area contributed by atoms with Gasteiger partial charge in [-0.25, -0.2) is 22.9 Å². The molecule has 4 aromatic carbocycles. The second kappa shape index (κ2) is 45.2. The van der Waals surface area contributed by atoms with Crippen LogP contribution in [0.3, 0.4) is 0 Å². The molecular weight excluding hydrogens is 1860 g/mol. The van der Waals surface area contributed by atoms with Crippen LogP contribution in [0.5, 0.6) is 5.75 Å².